The Labute approximate surface area is 123 Å². The largest absolute Gasteiger partial charge is 0.468 e. The molecule has 0 atom stereocenters. The van der Waals surface area contributed by atoms with E-state index in [4.69, 9.17) is 4.74 Å². The second-order valence-corrected chi connectivity index (χ2v) is 4.96. The molecule has 3 aromatic rings. The van der Waals surface area contributed by atoms with Gasteiger partial charge in [-0.05, 0) is 24.6 Å². The molecule has 0 saturated heterocycles. The molecule has 1 heterocycles. The molecule has 2 aromatic carbocycles. The number of benzene rings is 2. The van der Waals surface area contributed by atoms with Crippen molar-refractivity contribution in [3.63, 3.8) is 0 Å². The molecule has 0 aliphatic heterocycles. The lowest BCUT2D eigenvalue weighted by Gasteiger charge is -2.03. The van der Waals surface area contributed by atoms with Crippen molar-refractivity contribution < 1.29 is 9.53 Å². The Hall–Kier alpha value is -2.62. The molecule has 3 rings (SSSR count). The topological polar surface area (TPSA) is 44.1 Å². The number of aromatic nitrogens is 2. The Morgan fingerprint density at radius 1 is 1.10 bits per heavy atom. The summed E-state index contributed by atoms with van der Waals surface area (Å²) >= 11 is 0. The summed E-state index contributed by atoms with van der Waals surface area (Å²) in [6, 6.07) is 18.0. The van der Waals surface area contributed by atoms with Gasteiger partial charge in [0.25, 0.3) is 0 Å². The lowest BCUT2D eigenvalue weighted by Crippen LogP contribution is -2.08. The molecule has 0 aliphatic carbocycles. The van der Waals surface area contributed by atoms with Crippen LogP contribution in [-0.4, -0.2) is 22.2 Å². The van der Waals surface area contributed by atoms with Crippen LogP contribution < -0.4 is 4.74 Å². The third-order valence-electron chi connectivity index (χ3n) is 3.21. The molecular weight excluding hydrogens is 264 g/mol. The van der Waals surface area contributed by atoms with E-state index >= 15 is 0 Å². The van der Waals surface area contributed by atoms with Crippen molar-refractivity contribution in [2.75, 3.05) is 6.61 Å². The van der Waals surface area contributed by atoms with Crippen LogP contribution in [0.1, 0.15) is 12.5 Å². The fourth-order valence-corrected chi connectivity index (χ4v) is 2.25. The van der Waals surface area contributed by atoms with Gasteiger partial charge >= 0.3 is 0 Å². The molecule has 0 fully saturated rings. The van der Waals surface area contributed by atoms with Crippen molar-refractivity contribution in [2.45, 2.75) is 13.5 Å². The van der Waals surface area contributed by atoms with Crippen LogP contribution in [0.15, 0.2) is 54.6 Å². The first kappa shape index (κ1) is 13.4. The molecule has 0 aliphatic rings. The number of rotatable bonds is 5. The number of nitrogens with zero attached hydrogens (tertiary/aromatic N) is 2. The van der Waals surface area contributed by atoms with Crippen LogP contribution in [-0.2, 0) is 11.3 Å². The SMILES string of the molecule is CC(=O)COc1nn(Cc2ccccc2)c2ccccc12. The zero-order chi connectivity index (χ0) is 14.7. The van der Waals surface area contributed by atoms with Crippen LogP contribution in [0.5, 0.6) is 5.88 Å². The number of carbonyl (C=O) groups is 1. The van der Waals surface area contributed by atoms with Gasteiger partial charge in [0.15, 0.2) is 5.78 Å². The van der Waals surface area contributed by atoms with Crippen molar-refractivity contribution in [2.24, 2.45) is 0 Å². The minimum absolute atomic E-state index is 0.0170. The molecule has 0 radical (unpaired) electrons. The molecule has 0 amide bonds. The molecule has 0 spiro atoms. The highest BCUT2D eigenvalue weighted by molar-refractivity contribution is 5.85. The highest BCUT2D eigenvalue weighted by Gasteiger charge is 2.12. The molecule has 1 aromatic heterocycles. The number of carbonyl (C=O) groups excluding carboxylic acids is 1. The van der Waals surface area contributed by atoms with E-state index in [0.29, 0.717) is 12.4 Å². The number of fused-ring (bicyclic) bond motifs is 1. The second-order valence-electron chi connectivity index (χ2n) is 4.96. The monoisotopic (exact) mass is 280 g/mol. The first-order valence-electron chi connectivity index (χ1n) is 6.86. The van der Waals surface area contributed by atoms with Crippen LogP contribution in [0.25, 0.3) is 10.9 Å². The third kappa shape index (κ3) is 2.94. The Morgan fingerprint density at radius 2 is 1.81 bits per heavy atom. The van der Waals surface area contributed by atoms with Crippen molar-refractivity contribution in [3.8, 4) is 5.88 Å². The second kappa shape index (κ2) is 5.79. The van der Waals surface area contributed by atoms with Crippen molar-refractivity contribution in [3.05, 3.63) is 60.2 Å². The van der Waals surface area contributed by atoms with Gasteiger partial charge in [-0.25, -0.2) is 0 Å². The first-order valence-corrected chi connectivity index (χ1v) is 6.86. The summed E-state index contributed by atoms with van der Waals surface area (Å²) in [5, 5.41) is 5.42. The Bertz CT molecular complexity index is 763. The first-order chi connectivity index (χ1) is 10.2. The molecule has 4 heteroatoms. The lowest BCUT2D eigenvalue weighted by atomic mass is 10.2. The summed E-state index contributed by atoms with van der Waals surface area (Å²) in [4.78, 5) is 11.1. The van der Waals surface area contributed by atoms with Gasteiger partial charge < -0.3 is 4.74 Å². The van der Waals surface area contributed by atoms with Crippen LogP contribution in [0, 0.1) is 0 Å². The molecule has 0 unspecified atom stereocenters. The van der Waals surface area contributed by atoms with Crippen LogP contribution in [0.4, 0.5) is 0 Å². The van der Waals surface area contributed by atoms with E-state index in [-0.39, 0.29) is 12.4 Å². The maximum Gasteiger partial charge on any atom is 0.241 e. The average Bonchev–Trinajstić information content (AvgIpc) is 2.85. The van der Waals surface area contributed by atoms with E-state index in [1.54, 1.807) is 0 Å². The molecule has 0 saturated carbocycles. The summed E-state index contributed by atoms with van der Waals surface area (Å²) in [7, 11) is 0. The van der Waals surface area contributed by atoms with Gasteiger partial charge in [0, 0.05) is 0 Å². The Morgan fingerprint density at radius 3 is 2.57 bits per heavy atom. The highest BCUT2D eigenvalue weighted by Crippen LogP contribution is 2.25. The number of Topliss-reactive ketones (excluding diaryl/α,β-unsaturated/α-hetero) is 1. The summed E-state index contributed by atoms with van der Waals surface area (Å²) in [6.07, 6.45) is 0. The molecule has 106 valence electrons. The quantitative estimate of drug-likeness (QED) is 0.721. The minimum Gasteiger partial charge on any atom is -0.468 e. The van der Waals surface area contributed by atoms with E-state index in [1.165, 1.54) is 12.5 Å². The highest BCUT2D eigenvalue weighted by atomic mass is 16.5. The smallest absolute Gasteiger partial charge is 0.241 e. The predicted octanol–water partition coefficient (Wildman–Crippen LogP) is 3.05. The number of ketones is 1. The van der Waals surface area contributed by atoms with Gasteiger partial charge in [0.2, 0.25) is 5.88 Å². The van der Waals surface area contributed by atoms with Gasteiger partial charge in [-0.15, -0.1) is 5.10 Å². The van der Waals surface area contributed by atoms with Crippen molar-refractivity contribution >= 4 is 16.7 Å². The van der Waals surface area contributed by atoms with Crippen LogP contribution >= 0.6 is 0 Å². The molecule has 4 nitrogen and oxygen atoms in total. The lowest BCUT2D eigenvalue weighted by molar-refractivity contribution is -0.118. The van der Waals surface area contributed by atoms with Gasteiger partial charge in [-0.3, -0.25) is 9.48 Å². The zero-order valence-corrected chi connectivity index (χ0v) is 11.8. The van der Waals surface area contributed by atoms with E-state index in [1.807, 2.05) is 47.1 Å². The van der Waals surface area contributed by atoms with E-state index < -0.39 is 0 Å². The predicted molar refractivity (Wildman–Crippen MR) is 81.5 cm³/mol. The molecule has 21 heavy (non-hydrogen) atoms. The number of ether oxygens (including phenoxy) is 1. The molecule has 0 bridgehead atoms. The third-order valence-corrected chi connectivity index (χ3v) is 3.21. The Kier molecular flexibility index (Phi) is 3.69. The summed E-state index contributed by atoms with van der Waals surface area (Å²) in [6.45, 7) is 2.22. The number of hydrogen-bond donors (Lipinski definition) is 0. The van der Waals surface area contributed by atoms with E-state index in [0.717, 1.165) is 10.9 Å². The molecule has 0 N–H and O–H groups in total. The number of hydrogen-bond acceptors (Lipinski definition) is 3. The average molecular weight is 280 g/mol. The maximum atomic E-state index is 11.1. The van der Waals surface area contributed by atoms with Crippen molar-refractivity contribution in [1.29, 1.82) is 0 Å². The van der Waals surface area contributed by atoms with Gasteiger partial charge in [-0.2, -0.15) is 0 Å². The van der Waals surface area contributed by atoms with E-state index in [9.17, 15) is 4.79 Å². The minimum atomic E-state index is -0.0170. The maximum absolute atomic E-state index is 11.1. The summed E-state index contributed by atoms with van der Waals surface area (Å²) < 4.78 is 7.42. The summed E-state index contributed by atoms with van der Waals surface area (Å²) in [5.41, 5.74) is 2.17. The van der Waals surface area contributed by atoms with Gasteiger partial charge in [0.1, 0.15) is 6.61 Å². The Balaban J connectivity index is 1.96. The molecular formula is C17H16N2O2. The van der Waals surface area contributed by atoms with E-state index in [2.05, 4.69) is 17.2 Å². The van der Waals surface area contributed by atoms with Crippen LogP contribution in [0.3, 0.4) is 0 Å². The number of para-hydroxylation sites is 1. The fourth-order valence-electron chi connectivity index (χ4n) is 2.25. The van der Waals surface area contributed by atoms with Gasteiger partial charge in [-0.1, -0.05) is 42.5 Å². The standard InChI is InChI=1S/C17H16N2O2/c1-13(20)12-21-17-15-9-5-6-10-16(15)19(18-17)11-14-7-3-2-4-8-14/h2-10H,11-12H2,1H3. The van der Waals surface area contributed by atoms with Crippen LogP contribution in [0.2, 0.25) is 0 Å². The fraction of sp³-hybridized carbons (Fsp3) is 0.176. The normalized spacial score (nSPS) is 10.7. The van der Waals surface area contributed by atoms with Crippen molar-refractivity contribution in [1.82, 2.24) is 9.78 Å². The zero-order valence-electron chi connectivity index (χ0n) is 11.8. The van der Waals surface area contributed by atoms with Gasteiger partial charge in [0.05, 0.1) is 17.4 Å². The summed E-state index contributed by atoms with van der Waals surface area (Å²) in [5.74, 6) is 0.494.